The van der Waals surface area contributed by atoms with Crippen LogP contribution in [-0.2, 0) is 0 Å². The monoisotopic (exact) mass is 358 g/mol. The lowest BCUT2D eigenvalue weighted by molar-refractivity contribution is 0.0397. The van der Waals surface area contributed by atoms with Crippen molar-refractivity contribution in [3.8, 4) is 23.1 Å². The molecule has 0 aliphatic rings. The first-order valence-electron chi connectivity index (χ1n) is 6.06. The zero-order valence-electron chi connectivity index (χ0n) is 11.1. The summed E-state index contributed by atoms with van der Waals surface area (Å²) >= 11 is 11.6. The predicted molar refractivity (Wildman–Crippen MR) is 76.6 cm³/mol. The molecule has 118 valence electrons. The van der Waals surface area contributed by atoms with Gasteiger partial charge in [-0.1, -0.05) is 28.0 Å². The van der Waals surface area contributed by atoms with Gasteiger partial charge in [0.25, 0.3) is 0 Å². The number of rotatable bonds is 4. The molecule has 23 heavy (non-hydrogen) atoms. The van der Waals surface area contributed by atoms with Gasteiger partial charge in [0.1, 0.15) is 5.75 Å². The number of tetrazole rings is 1. The molecular weight excluding hydrogens is 353 g/mol. The lowest BCUT2D eigenvalue weighted by Gasteiger charge is -2.07. The lowest BCUT2D eigenvalue weighted by atomic mass is 10.2. The molecule has 0 amide bonds. The third kappa shape index (κ3) is 3.51. The van der Waals surface area contributed by atoms with Crippen LogP contribution in [0.4, 0.5) is 8.78 Å². The fraction of sp³-hybridized carbons (Fsp3) is 0.0833. The van der Waals surface area contributed by atoms with E-state index in [1.54, 1.807) is 6.07 Å². The Kier molecular flexibility index (Phi) is 4.30. The van der Waals surface area contributed by atoms with Gasteiger partial charge in [0.2, 0.25) is 5.82 Å². The van der Waals surface area contributed by atoms with Crippen LogP contribution >= 0.6 is 23.2 Å². The molecule has 0 spiro atoms. The van der Waals surface area contributed by atoms with Crippen molar-refractivity contribution in [1.82, 2.24) is 30.2 Å². The van der Waals surface area contributed by atoms with Gasteiger partial charge in [0, 0.05) is 5.02 Å². The Balaban J connectivity index is 1.98. The van der Waals surface area contributed by atoms with Crippen molar-refractivity contribution >= 4 is 23.2 Å². The highest BCUT2D eigenvalue weighted by atomic mass is 35.5. The Bertz CT molecular complexity index is 827. The summed E-state index contributed by atoms with van der Waals surface area (Å²) in [5, 5.41) is 11.1. The van der Waals surface area contributed by atoms with Crippen LogP contribution in [0.15, 0.2) is 30.6 Å². The summed E-state index contributed by atoms with van der Waals surface area (Å²) in [5.74, 6) is 0.155. The Hall–Kier alpha value is -2.39. The molecular formula is C12H6Cl2F2N6O. The van der Waals surface area contributed by atoms with E-state index >= 15 is 0 Å². The molecule has 7 nitrogen and oxygen atoms in total. The molecule has 0 N–H and O–H groups in total. The number of nitrogens with zero attached hydrogens (tertiary/aromatic N) is 6. The summed E-state index contributed by atoms with van der Waals surface area (Å²) in [5.41, 5.74) is 0.267. The molecule has 2 heterocycles. The number of halogens is 4. The average molecular weight is 359 g/mol. The Morgan fingerprint density at radius 2 is 1.83 bits per heavy atom. The van der Waals surface area contributed by atoms with Gasteiger partial charge in [-0.15, -0.1) is 10.2 Å². The number of hydrogen-bond donors (Lipinski definition) is 0. The van der Waals surface area contributed by atoms with E-state index in [1.165, 1.54) is 24.5 Å². The third-order valence-electron chi connectivity index (χ3n) is 2.58. The van der Waals surface area contributed by atoms with Crippen molar-refractivity contribution in [3.63, 3.8) is 0 Å². The second-order valence-corrected chi connectivity index (χ2v) is 5.01. The Labute approximate surface area is 137 Å². The van der Waals surface area contributed by atoms with Gasteiger partial charge >= 0.3 is 12.6 Å². The highest BCUT2D eigenvalue weighted by Crippen LogP contribution is 2.32. The third-order valence-corrected chi connectivity index (χ3v) is 3.01. The molecule has 2 aromatic heterocycles. The van der Waals surface area contributed by atoms with E-state index in [2.05, 4.69) is 25.4 Å². The molecule has 3 rings (SSSR count). The minimum atomic E-state index is -2.90. The first-order chi connectivity index (χ1) is 11.0. The summed E-state index contributed by atoms with van der Waals surface area (Å²) in [7, 11) is 0. The maximum atomic E-state index is 12.6. The number of hydrogen-bond acceptors (Lipinski definition) is 6. The summed E-state index contributed by atoms with van der Waals surface area (Å²) in [4.78, 5) is 7.95. The molecule has 0 saturated carbocycles. The Morgan fingerprint density at radius 1 is 1.09 bits per heavy atom. The van der Waals surface area contributed by atoms with Gasteiger partial charge in [0.05, 0.1) is 23.0 Å². The van der Waals surface area contributed by atoms with Crippen LogP contribution in [0.3, 0.4) is 0 Å². The maximum absolute atomic E-state index is 12.6. The van der Waals surface area contributed by atoms with Crippen molar-refractivity contribution in [3.05, 3.63) is 40.6 Å². The van der Waals surface area contributed by atoms with Crippen LogP contribution in [0.25, 0.3) is 11.4 Å². The summed E-state index contributed by atoms with van der Waals surface area (Å²) in [6.45, 7) is -2.90. The fourth-order valence-electron chi connectivity index (χ4n) is 1.63. The molecule has 11 heteroatoms. The summed E-state index contributed by atoms with van der Waals surface area (Å²) < 4.78 is 30.6. The predicted octanol–water partition coefficient (Wildman–Crippen LogP) is 3.62. The minimum absolute atomic E-state index is 0.0132. The van der Waals surface area contributed by atoms with Gasteiger partial charge in [-0.2, -0.15) is 8.78 Å². The molecule has 0 aliphatic heterocycles. The molecule has 0 aliphatic carbocycles. The van der Waals surface area contributed by atoms with Crippen LogP contribution in [0.1, 0.15) is 6.55 Å². The van der Waals surface area contributed by atoms with E-state index in [9.17, 15) is 8.78 Å². The van der Waals surface area contributed by atoms with E-state index < -0.39 is 6.55 Å². The zero-order valence-corrected chi connectivity index (χ0v) is 12.6. The molecule has 0 saturated heterocycles. The van der Waals surface area contributed by atoms with Crippen LogP contribution in [0, 0.1) is 0 Å². The number of aromatic nitrogens is 6. The number of benzene rings is 1. The minimum Gasteiger partial charge on any atom is -0.424 e. The highest BCUT2D eigenvalue weighted by Gasteiger charge is 2.17. The number of alkyl halides is 2. The lowest BCUT2D eigenvalue weighted by Crippen LogP contribution is -2.02. The molecule has 3 aromatic rings. The Morgan fingerprint density at radius 3 is 2.48 bits per heavy atom. The summed E-state index contributed by atoms with van der Waals surface area (Å²) in [6, 6.07) is 4.53. The second-order valence-electron chi connectivity index (χ2n) is 4.14. The fourth-order valence-corrected chi connectivity index (χ4v) is 1.90. The molecule has 0 radical (unpaired) electrons. The van der Waals surface area contributed by atoms with Crippen LogP contribution < -0.4 is 4.74 Å². The van der Waals surface area contributed by atoms with E-state index in [4.69, 9.17) is 27.9 Å². The SMILES string of the molecule is FC(F)n1nnc(-c2cc(Cl)ccc2Oc2ncc(Cl)cn2)n1. The van der Waals surface area contributed by atoms with Gasteiger partial charge < -0.3 is 4.74 Å². The van der Waals surface area contributed by atoms with E-state index in [-0.39, 0.29) is 27.9 Å². The van der Waals surface area contributed by atoms with Gasteiger partial charge in [-0.05, 0) is 23.4 Å². The molecule has 1 aromatic carbocycles. The van der Waals surface area contributed by atoms with Crippen LogP contribution in [-0.4, -0.2) is 30.2 Å². The standard InChI is InChI=1S/C12H6Cl2F2N6O/c13-6-1-2-9(23-12-17-4-7(14)5-18-12)8(3-6)10-19-21-22(20-10)11(15)16/h1-5,11H. The topological polar surface area (TPSA) is 78.6 Å². The van der Waals surface area contributed by atoms with Gasteiger partial charge in [0.15, 0.2) is 0 Å². The van der Waals surface area contributed by atoms with E-state index in [0.29, 0.717) is 10.0 Å². The molecule has 0 fully saturated rings. The quantitative estimate of drug-likeness (QED) is 0.708. The second kappa shape index (κ2) is 6.39. The normalized spacial score (nSPS) is 11.0. The average Bonchev–Trinajstić information content (AvgIpc) is 3.01. The molecule has 0 atom stereocenters. The van der Waals surface area contributed by atoms with Crippen LogP contribution in [0.5, 0.6) is 11.8 Å². The van der Waals surface area contributed by atoms with Gasteiger partial charge in [-0.25, -0.2) is 9.97 Å². The zero-order chi connectivity index (χ0) is 16.4. The molecule has 0 bridgehead atoms. The van der Waals surface area contributed by atoms with E-state index in [1.807, 2.05) is 0 Å². The first-order valence-corrected chi connectivity index (χ1v) is 6.81. The van der Waals surface area contributed by atoms with Crippen molar-refractivity contribution in [2.24, 2.45) is 0 Å². The number of ether oxygens (including phenoxy) is 1. The smallest absolute Gasteiger partial charge is 0.350 e. The van der Waals surface area contributed by atoms with Crippen molar-refractivity contribution < 1.29 is 13.5 Å². The van der Waals surface area contributed by atoms with Crippen molar-refractivity contribution in [2.75, 3.05) is 0 Å². The highest BCUT2D eigenvalue weighted by molar-refractivity contribution is 6.31. The van der Waals surface area contributed by atoms with Crippen LogP contribution in [0.2, 0.25) is 10.0 Å². The first kappa shape index (κ1) is 15.5. The summed E-state index contributed by atoms with van der Waals surface area (Å²) in [6.07, 6.45) is 2.70. The maximum Gasteiger partial charge on any atom is 0.350 e. The largest absolute Gasteiger partial charge is 0.424 e. The van der Waals surface area contributed by atoms with E-state index in [0.717, 1.165) is 0 Å². The van der Waals surface area contributed by atoms with Crippen molar-refractivity contribution in [2.45, 2.75) is 6.55 Å². The molecule has 0 unspecified atom stereocenters. The van der Waals surface area contributed by atoms with Gasteiger partial charge in [-0.3, -0.25) is 0 Å². The van der Waals surface area contributed by atoms with Crippen molar-refractivity contribution in [1.29, 1.82) is 0 Å².